The zero-order valence-electron chi connectivity index (χ0n) is 18.4. The summed E-state index contributed by atoms with van der Waals surface area (Å²) in [5, 5.41) is 11.3. The monoisotopic (exact) mass is 446 g/mol. The molecule has 0 amide bonds. The van der Waals surface area contributed by atoms with E-state index < -0.39 is 6.10 Å². The Labute approximate surface area is 189 Å². The lowest BCUT2D eigenvalue weighted by molar-refractivity contribution is 0.0376. The summed E-state index contributed by atoms with van der Waals surface area (Å²) in [4.78, 5) is 16.2. The van der Waals surface area contributed by atoms with Crippen molar-refractivity contribution in [2.75, 3.05) is 46.4 Å². The van der Waals surface area contributed by atoms with Gasteiger partial charge in [-0.05, 0) is 43.7 Å². The van der Waals surface area contributed by atoms with Crippen LogP contribution in [-0.2, 0) is 0 Å². The first-order chi connectivity index (χ1) is 14.9. The zero-order valence-corrected chi connectivity index (χ0v) is 19.1. The fourth-order valence-corrected chi connectivity index (χ4v) is 4.18. The normalized spacial score (nSPS) is 17.2. The van der Waals surface area contributed by atoms with Crippen LogP contribution in [0.5, 0.6) is 11.5 Å². The van der Waals surface area contributed by atoms with E-state index in [1.165, 1.54) is 14.0 Å². The predicted octanol–water partition coefficient (Wildman–Crippen LogP) is 3.67. The number of benzene rings is 2. The standard InChI is InChI=1S/C24H31ClN2O4/c1-17(21-6-4-5-7-22(21)25)27-12-10-26(11-13-27)15-20(29)16-31-23-9-8-19(18(2)28)14-24(23)30-3/h4-9,14,17,20,29H,10-13,15-16H2,1-3H3. The van der Waals surface area contributed by atoms with Crippen LogP contribution >= 0.6 is 11.6 Å². The molecular weight excluding hydrogens is 416 g/mol. The Bertz CT molecular complexity index is 884. The third kappa shape index (κ3) is 6.20. The molecule has 0 saturated carbocycles. The van der Waals surface area contributed by atoms with Crippen molar-refractivity contribution in [2.24, 2.45) is 0 Å². The van der Waals surface area contributed by atoms with Gasteiger partial charge in [0.05, 0.1) is 7.11 Å². The molecule has 0 aliphatic carbocycles. The van der Waals surface area contributed by atoms with Crippen LogP contribution in [0.3, 0.4) is 0 Å². The molecule has 0 spiro atoms. The smallest absolute Gasteiger partial charge is 0.161 e. The number of halogens is 1. The maximum atomic E-state index is 11.5. The first-order valence-corrected chi connectivity index (χ1v) is 11.0. The largest absolute Gasteiger partial charge is 0.493 e. The number of Topliss-reactive ketones (excluding diaryl/α,β-unsaturated/α-hetero) is 1. The Kier molecular flexibility index (Phi) is 8.32. The first kappa shape index (κ1) is 23.5. The van der Waals surface area contributed by atoms with E-state index in [9.17, 15) is 9.90 Å². The van der Waals surface area contributed by atoms with Gasteiger partial charge in [-0.15, -0.1) is 0 Å². The molecule has 1 aliphatic rings. The number of hydrogen-bond acceptors (Lipinski definition) is 6. The number of hydrogen-bond donors (Lipinski definition) is 1. The van der Waals surface area contributed by atoms with Gasteiger partial charge in [0, 0.05) is 49.4 Å². The topological polar surface area (TPSA) is 62.2 Å². The van der Waals surface area contributed by atoms with E-state index in [1.54, 1.807) is 18.2 Å². The van der Waals surface area contributed by atoms with Crippen LogP contribution in [0.25, 0.3) is 0 Å². The summed E-state index contributed by atoms with van der Waals surface area (Å²) in [5.74, 6) is 0.972. The zero-order chi connectivity index (χ0) is 22.4. The molecule has 0 bridgehead atoms. The molecule has 2 atom stereocenters. The van der Waals surface area contributed by atoms with Gasteiger partial charge in [0.25, 0.3) is 0 Å². The fourth-order valence-electron chi connectivity index (χ4n) is 3.89. The molecule has 7 heteroatoms. The van der Waals surface area contributed by atoms with E-state index in [0.717, 1.165) is 36.8 Å². The Balaban J connectivity index is 1.47. The van der Waals surface area contributed by atoms with Gasteiger partial charge in [-0.1, -0.05) is 29.8 Å². The van der Waals surface area contributed by atoms with E-state index in [1.807, 2.05) is 18.2 Å². The highest BCUT2D eigenvalue weighted by atomic mass is 35.5. The first-order valence-electron chi connectivity index (χ1n) is 10.6. The Hall–Kier alpha value is -2.12. The SMILES string of the molecule is COc1cc(C(C)=O)ccc1OCC(O)CN1CCN(C(C)c2ccccc2Cl)CC1. The van der Waals surface area contributed by atoms with Crippen molar-refractivity contribution in [2.45, 2.75) is 26.0 Å². The number of ether oxygens (including phenoxy) is 2. The molecule has 168 valence electrons. The minimum Gasteiger partial charge on any atom is -0.493 e. The second-order valence-electron chi connectivity index (χ2n) is 7.92. The number of piperazine rings is 1. The molecule has 3 rings (SSSR count). The average molecular weight is 447 g/mol. The van der Waals surface area contributed by atoms with E-state index in [-0.39, 0.29) is 18.4 Å². The highest BCUT2D eigenvalue weighted by molar-refractivity contribution is 6.31. The third-order valence-corrected chi connectivity index (χ3v) is 6.12. The van der Waals surface area contributed by atoms with Crippen LogP contribution in [-0.4, -0.2) is 73.2 Å². The molecule has 1 saturated heterocycles. The van der Waals surface area contributed by atoms with Crippen LogP contribution in [0.2, 0.25) is 5.02 Å². The van der Waals surface area contributed by atoms with Gasteiger partial charge >= 0.3 is 0 Å². The van der Waals surface area contributed by atoms with Crippen molar-refractivity contribution in [3.8, 4) is 11.5 Å². The lowest BCUT2D eigenvalue weighted by Gasteiger charge is -2.39. The molecule has 31 heavy (non-hydrogen) atoms. The maximum Gasteiger partial charge on any atom is 0.161 e. The Morgan fingerprint density at radius 1 is 1.13 bits per heavy atom. The van der Waals surface area contributed by atoms with Crippen molar-refractivity contribution < 1.29 is 19.4 Å². The number of ketones is 1. The number of nitrogens with zero attached hydrogens (tertiary/aromatic N) is 2. The summed E-state index contributed by atoms with van der Waals surface area (Å²) < 4.78 is 11.1. The van der Waals surface area contributed by atoms with Crippen molar-refractivity contribution in [3.63, 3.8) is 0 Å². The predicted molar refractivity (Wildman–Crippen MR) is 122 cm³/mol. The highest BCUT2D eigenvalue weighted by Crippen LogP contribution is 2.29. The van der Waals surface area contributed by atoms with Crippen LogP contribution < -0.4 is 9.47 Å². The summed E-state index contributed by atoms with van der Waals surface area (Å²) in [5.41, 5.74) is 1.71. The lowest BCUT2D eigenvalue weighted by Crippen LogP contribution is -2.49. The highest BCUT2D eigenvalue weighted by Gasteiger charge is 2.24. The van der Waals surface area contributed by atoms with Gasteiger partial charge in [0.2, 0.25) is 0 Å². The summed E-state index contributed by atoms with van der Waals surface area (Å²) in [6, 6.07) is 13.3. The van der Waals surface area contributed by atoms with Gasteiger partial charge in [-0.3, -0.25) is 14.6 Å². The van der Waals surface area contributed by atoms with Crippen LogP contribution in [0.1, 0.15) is 35.8 Å². The molecule has 6 nitrogen and oxygen atoms in total. The van der Waals surface area contributed by atoms with Crippen LogP contribution in [0, 0.1) is 0 Å². The number of rotatable bonds is 9. The summed E-state index contributed by atoms with van der Waals surface area (Å²) in [7, 11) is 1.53. The minimum absolute atomic E-state index is 0.0344. The third-order valence-electron chi connectivity index (χ3n) is 5.78. The summed E-state index contributed by atoms with van der Waals surface area (Å²) in [6.45, 7) is 7.98. The minimum atomic E-state index is -0.621. The lowest BCUT2D eigenvalue weighted by atomic mass is 10.1. The van der Waals surface area contributed by atoms with E-state index in [0.29, 0.717) is 23.6 Å². The molecule has 0 radical (unpaired) electrons. The number of carbonyl (C=O) groups excluding carboxylic acids is 1. The van der Waals surface area contributed by atoms with Gasteiger partial charge in [0.1, 0.15) is 12.7 Å². The molecule has 2 aromatic carbocycles. The molecule has 1 heterocycles. The molecular formula is C24H31ClN2O4. The summed E-state index contributed by atoms with van der Waals surface area (Å²) in [6.07, 6.45) is -0.621. The van der Waals surface area contributed by atoms with Gasteiger partial charge in [0.15, 0.2) is 17.3 Å². The van der Waals surface area contributed by atoms with Gasteiger partial charge in [-0.2, -0.15) is 0 Å². The number of aliphatic hydroxyl groups excluding tert-OH is 1. The van der Waals surface area contributed by atoms with E-state index >= 15 is 0 Å². The fraction of sp³-hybridized carbons (Fsp3) is 0.458. The Morgan fingerprint density at radius 2 is 1.84 bits per heavy atom. The number of aliphatic hydroxyl groups is 1. The number of methoxy groups -OCH3 is 1. The van der Waals surface area contributed by atoms with Gasteiger partial charge in [-0.25, -0.2) is 0 Å². The van der Waals surface area contributed by atoms with Crippen LogP contribution in [0.15, 0.2) is 42.5 Å². The molecule has 1 N–H and O–H groups in total. The molecule has 2 unspecified atom stereocenters. The quantitative estimate of drug-likeness (QED) is 0.593. The van der Waals surface area contributed by atoms with E-state index in [2.05, 4.69) is 22.8 Å². The van der Waals surface area contributed by atoms with E-state index in [4.69, 9.17) is 21.1 Å². The summed E-state index contributed by atoms with van der Waals surface area (Å²) >= 11 is 6.36. The van der Waals surface area contributed by atoms with Gasteiger partial charge < -0.3 is 14.6 Å². The maximum absolute atomic E-state index is 11.5. The average Bonchev–Trinajstić information content (AvgIpc) is 2.78. The molecule has 2 aromatic rings. The second-order valence-corrected chi connectivity index (χ2v) is 8.33. The van der Waals surface area contributed by atoms with Crippen LogP contribution in [0.4, 0.5) is 0 Å². The van der Waals surface area contributed by atoms with Crippen molar-refractivity contribution in [3.05, 3.63) is 58.6 Å². The molecule has 1 fully saturated rings. The molecule has 0 aromatic heterocycles. The van der Waals surface area contributed by atoms with Crippen molar-refractivity contribution in [1.82, 2.24) is 9.80 Å². The Morgan fingerprint density at radius 3 is 2.48 bits per heavy atom. The second kappa shape index (κ2) is 11.0. The van der Waals surface area contributed by atoms with Crippen molar-refractivity contribution >= 4 is 17.4 Å². The number of carbonyl (C=O) groups is 1. The molecule has 1 aliphatic heterocycles. The number of β-amino-alcohol motifs (C(OH)–C–C–N with tert-alkyl or cyclic N) is 1. The van der Waals surface area contributed by atoms with Crippen molar-refractivity contribution in [1.29, 1.82) is 0 Å².